The van der Waals surface area contributed by atoms with Gasteiger partial charge in [0.25, 0.3) is 0 Å². The third kappa shape index (κ3) is 6.64. The van der Waals surface area contributed by atoms with E-state index < -0.39 is 8.07 Å². The number of allylic oxidation sites excluding steroid dienone is 4. The summed E-state index contributed by atoms with van der Waals surface area (Å²) in [4.78, 5) is 0. The third-order valence-corrected chi connectivity index (χ3v) is 11.6. The van der Waals surface area contributed by atoms with E-state index in [-0.39, 0.29) is 58.9 Å². The Kier molecular flexibility index (Phi) is 14.2. The van der Waals surface area contributed by atoms with Gasteiger partial charge in [-0.2, -0.15) is 11.3 Å². The van der Waals surface area contributed by atoms with Crippen LogP contribution in [0.15, 0.2) is 89.6 Å². The van der Waals surface area contributed by atoms with Gasteiger partial charge >= 0.3 is 0 Å². The zero-order valence-electron chi connectivity index (χ0n) is 21.2. The first-order valence-corrected chi connectivity index (χ1v) is 13.5. The van der Waals surface area contributed by atoms with Gasteiger partial charge in [-0.25, -0.2) is 5.57 Å². The number of halogens is 3. The molecular formula is C30H36Cl3SiTi-. The van der Waals surface area contributed by atoms with Gasteiger partial charge < -0.3 is 0 Å². The summed E-state index contributed by atoms with van der Waals surface area (Å²) in [6, 6.07) is 27.8. The van der Waals surface area contributed by atoms with Gasteiger partial charge in [0, 0.05) is 21.7 Å². The van der Waals surface area contributed by atoms with Gasteiger partial charge in [0.2, 0.25) is 0 Å². The molecule has 0 nitrogen and oxygen atoms in total. The van der Waals surface area contributed by atoms with Crippen molar-refractivity contribution >= 4 is 60.9 Å². The summed E-state index contributed by atoms with van der Waals surface area (Å²) >= 11 is 0. The number of aryl methyl sites for hydroxylation is 3. The molecule has 1 unspecified atom stereocenters. The molecule has 0 fully saturated rings. The molecule has 0 heterocycles. The van der Waals surface area contributed by atoms with Gasteiger partial charge in [0.05, 0.1) is 8.07 Å². The zero-order chi connectivity index (χ0) is 22.0. The summed E-state index contributed by atoms with van der Waals surface area (Å²) in [5.74, 6) is 0.514. The van der Waals surface area contributed by atoms with Crippen LogP contribution in [-0.4, -0.2) is 8.07 Å². The fourth-order valence-electron chi connectivity index (χ4n) is 5.07. The van der Waals surface area contributed by atoms with Gasteiger partial charge in [0.1, 0.15) is 0 Å². The quantitative estimate of drug-likeness (QED) is 0.168. The monoisotopic (exact) mass is 577 g/mol. The van der Waals surface area contributed by atoms with E-state index in [4.69, 9.17) is 0 Å². The van der Waals surface area contributed by atoms with E-state index >= 15 is 0 Å². The summed E-state index contributed by atoms with van der Waals surface area (Å²) in [5.41, 5.74) is 5.42. The minimum Gasteiger partial charge on any atom is -0.269 e. The average Bonchev–Trinajstić information content (AvgIpc) is 3.24. The Balaban J connectivity index is 0.00000289. The van der Waals surface area contributed by atoms with Gasteiger partial charge in [-0.15, -0.1) is 43.6 Å². The first-order chi connectivity index (χ1) is 15.0. The zero-order valence-corrected chi connectivity index (χ0v) is 26.2. The molecule has 1 aliphatic rings. The summed E-state index contributed by atoms with van der Waals surface area (Å²) in [6.45, 7) is 11.3. The molecule has 35 heavy (non-hydrogen) atoms. The van der Waals surface area contributed by atoms with Crippen LogP contribution >= 0.6 is 37.2 Å². The second-order valence-electron chi connectivity index (χ2n) is 9.08. The third-order valence-electron chi connectivity index (χ3n) is 6.75. The first kappa shape index (κ1) is 33.9. The molecule has 0 aromatic heterocycles. The molecule has 0 saturated carbocycles. The largest absolute Gasteiger partial charge is 0.269 e. The molecule has 0 N–H and O–H groups in total. The van der Waals surface area contributed by atoms with E-state index in [0.29, 0.717) is 5.92 Å². The summed E-state index contributed by atoms with van der Waals surface area (Å²) < 4.78 is 0. The van der Waals surface area contributed by atoms with Crippen molar-refractivity contribution < 1.29 is 21.7 Å². The second-order valence-corrected chi connectivity index (χ2v) is 12.9. The first-order valence-electron chi connectivity index (χ1n) is 11.5. The molecule has 0 amide bonds. The topological polar surface area (TPSA) is 0 Å². The van der Waals surface area contributed by atoms with Crippen LogP contribution in [0.4, 0.5) is 0 Å². The molecule has 4 rings (SSSR count). The van der Waals surface area contributed by atoms with Crippen molar-refractivity contribution in [2.75, 3.05) is 0 Å². The summed E-state index contributed by atoms with van der Waals surface area (Å²) in [6.07, 6.45) is 8.32. The van der Waals surface area contributed by atoms with Crippen molar-refractivity contribution in [1.82, 2.24) is 0 Å². The molecule has 1 atom stereocenters. The Hall–Kier alpha value is -1.06. The van der Waals surface area contributed by atoms with Crippen molar-refractivity contribution in [3.8, 4) is 0 Å². The predicted octanol–water partition coefficient (Wildman–Crippen LogP) is 6.99. The second kappa shape index (κ2) is 14.6. The van der Waals surface area contributed by atoms with E-state index in [0.717, 1.165) is 12.8 Å². The molecule has 0 bridgehead atoms. The van der Waals surface area contributed by atoms with Crippen molar-refractivity contribution in [1.29, 1.82) is 0 Å². The number of hydrogen-bond donors (Lipinski definition) is 0. The van der Waals surface area contributed by atoms with Crippen LogP contribution < -0.4 is 15.6 Å². The van der Waals surface area contributed by atoms with E-state index in [9.17, 15) is 0 Å². The normalized spacial score (nSPS) is 13.2. The smallest absolute Gasteiger partial charge is 0.0993 e. The fraction of sp³-hybridized carbons (Fsp3) is 0.267. The molecule has 0 radical (unpaired) electrons. The Labute approximate surface area is 246 Å². The summed E-state index contributed by atoms with van der Waals surface area (Å²) in [7, 11) is -2.47. The molecule has 3 aromatic carbocycles. The standard InChI is InChI=1S/C30H33Si.3ClH.Ti/c1-6-25(5)29-17-10-18-30(29)31(26-14-7-11-22(2)19-26,27-15-8-12-23(3)20-27)28-16-9-13-24(4)21-28;;;;/h7-9,11-16,18-21,25H,6,10H2,1-5H3;3*1H;/q-1;;;;. The maximum atomic E-state index is 3.77. The Morgan fingerprint density at radius 2 is 1.14 bits per heavy atom. The average molecular weight is 579 g/mol. The molecule has 3 aromatic rings. The molecule has 0 spiro atoms. The Morgan fingerprint density at radius 1 is 0.743 bits per heavy atom. The Morgan fingerprint density at radius 3 is 1.49 bits per heavy atom. The van der Waals surface area contributed by atoms with Crippen molar-refractivity contribution in [3.63, 3.8) is 0 Å². The van der Waals surface area contributed by atoms with Crippen LogP contribution in [0, 0.1) is 32.8 Å². The van der Waals surface area contributed by atoms with Gasteiger partial charge in [-0.3, -0.25) is 6.08 Å². The molecule has 0 aliphatic heterocycles. The van der Waals surface area contributed by atoms with Crippen LogP contribution in [0.1, 0.15) is 43.4 Å². The van der Waals surface area contributed by atoms with Crippen LogP contribution in [0.25, 0.3) is 0 Å². The molecule has 5 heteroatoms. The van der Waals surface area contributed by atoms with Crippen LogP contribution in [0.5, 0.6) is 0 Å². The molecule has 186 valence electrons. The molecule has 1 aliphatic carbocycles. The number of benzene rings is 3. The van der Waals surface area contributed by atoms with Crippen LogP contribution in [0.3, 0.4) is 0 Å². The minimum absolute atomic E-state index is 0. The number of rotatable bonds is 6. The van der Waals surface area contributed by atoms with Crippen molar-refractivity contribution in [3.05, 3.63) is 112 Å². The van der Waals surface area contributed by atoms with E-state index in [1.54, 1.807) is 5.20 Å². The number of hydrogen-bond acceptors (Lipinski definition) is 0. The van der Waals surface area contributed by atoms with E-state index in [2.05, 4.69) is 120 Å². The van der Waals surface area contributed by atoms with Crippen molar-refractivity contribution in [2.24, 2.45) is 5.92 Å². The molecular weight excluding hydrogens is 543 g/mol. The maximum absolute atomic E-state index is 3.77. The van der Waals surface area contributed by atoms with Crippen LogP contribution in [-0.2, 0) is 21.7 Å². The van der Waals surface area contributed by atoms with E-state index in [1.165, 1.54) is 37.8 Å². The minimum atomic E-state index is -2.47. The van der Waals surface area contributed by atoms with Gasteiger partial charge in [0.15, 0.2) is 0 Å². The summed E-state index contributed by atoms with van der Waals surface area (Å²) in [5, 5.41) is 5.96. The fourth-order valence-corrected chi connectivity index (χ4v) is 10.5. The van der Waals surface area contributed by atoms with Gasteiger partial charge in [-0.05, 0) is 20.8 Å². The van der Waals surface area contributed by atoms with Crippen molar-refractivity contribution in [2.45, 2.75) is 47.5 Å². The van der Waals surface area contributed by atoms with E-state index in [1.807, 2.05) is 0 Å². The Bertz CT molecular complexity index is 1060. The molecule has 0 saturated heterocycles. The SMILES string of the molecule is CCC(C)C1=[C-]CC=C1[Si](c1cccc(C)c1)(c1cccc(C)c1)c1cccc(C)c1.Cl.Cl.Cl.[Ti]. The predicted molar refractivity (Wildman–Crippen MR) is 159 cm³/mol. The van der Waals surface area contributed by atoms with Crippen LogP contribution in [0.2, 0.25) is 0 Å². The van der Waals surface area contributed by atoms with Gasteiger partial charge in [-0.1, -0.05) is 131 Å². The maximum Gasteiger partial charge on any atom is 0.0993 e.